The third kappa shape index (κ3) is 3.04. The summed E-state index contributed by atoms with van der Waals surface area (Å²) in [7, 11) is 0. The van der Waals surface area contributed by atoms with Crippen molar-refractivity contribution in [2.75, 3.05) is 19.6 Å². The summed E-state index contributed by atoms with van der Waals surface area (Å²) >= 11 is 0. The quantitative estimate of drug-likeness (QED) is 0.855. The van der Waals surface area contributed by atoms with Crippen molar-refractivity contribution >= 4 is 5.91 Å². The Labute approximate surface area is 111 Å². The highest BCUT2D eigenvalue weighted by Crippen LogP contribution is 2.40. The Morgan fingerprint density at radius 2 is 2.05 bits per heavy atom. The summed E-state index contributed by atoms with van der Waals surface area (Å²) in [6.07, 6.45) is -2.29. The molecule has 2 rings (SSSR count). The third-order valence-electron chi connectivity index (χ3n) is 4.32. The van der Waals surface area contributed by atoms with Crippen LogP contribution >= 0.6 is 0 Å². The number of nitrogens with one attached hydrogen (secondary N) is 1. The van der Waals surface area contributed by atoms with Gasteiger partial charge in [0.25, 0.3) is 0 Å². The molecule has 0 aromatic carbocycles. The molecule has 3 nitrogen and oxygen atoms in total. The lowest BCUT2D eigenvalue weighted by molar-refractivity contribution is -0.170. The van der Waals surface area contributed by atoms with Crippen molar-refractivity contribution in [1.82, 2.24) is 10.2 Å². The molecule has 0 spiro atoms. The molecule has 6 heteroatoms. The van der Waals surface area contributed by atoms with E-state index in [1.807, 2.05) is 13.8 Å². The zero-order valence-electron chi connectivity index (χ0n) is 11.4. The molecular weight excluding hydrogens is 257 g/mol. The number of nitrogens with zero attached hydrogens (tertiary/aromatic N) is 1. The van der Waals surface area contributed by atoms with Crippen molar-refractivity contribution in [2.24, 2.45) is 11.3 Å². The molecule has 0 bridgehead atoms. The molecule has 1 saturated carbocycles. The van der Waals surface area contributed by atoms with Gasteiger partial charge in [0.05, 0.1) is 5.41 Å². The monoisotopic (exact) mass is 278 g/mol. The zero-order valence-corrected chi connectivity index (χ0v) is 11.4. The van der Waals surface area contributed by atoms with E-state index in [1.54, 1.807) is 0 Å². The Balaban J connectivity index is 2.18. The first-order valence-electron chi connectivity index (χ1n) is 6.85. The van der Waals surface area contributed by atoms with Gasteiger partial charge in [-0.25, -0.2) is 0 Å². The highest BCUT2D eigenvalue weighted by Gasteiger charge is 2.51. The maximum absolute atomic E-state index is 12.7. The summed E-state index contributed by atoms with van der Waals surface area (Å²) in [4.78, 5) is 13.7. The van der Waals surface area contributed by atoms with Crippen molar-refractivity contribution in [3.63, 3.8) is 0 Å². The van der Waals surface area contributed by atoms with E-state index < -0.39 is 18.1 Å². The van der Waals surface area contributed by atoms with E-state index >= 15 is 0 Å². The lowest BCUT2D eigenvalue weighted by Crippen LogP contribution is -2.51. The van der Waals surface area contributed by atoms with Crippen LogP contribution in [0.5, 0.6) is 0 Å². The summed E-state index contributed by atoms with van der Waals surface area (Å²) in [5.41, 5.74) is -0.659. The fourth-order valence-corrected chi connectivity index (χ4v) is 2.87. The van der Waals surface area contributed by atoms with E-state index in [2.05, 4.69) is 5.32 Å². The second-order valence-electron chi connectivity index (χ2n) is 6.02. The molecule has 0 radical (unpaired) electrons. The fourth-order valence-electron chi connectivity index (χ4n) is 2.87. The van der Waals surface area contributed by atoms with Gasteiger partial charge in [0, 0.05) is 12.6 Å². The molecule has 1 N–H and O–H groups in total. The Morgan fingerprint density at radius 1 is 1.42 bits per heavy atom. The third-order valence-corrected chi connectivity index (χ3v) is 4.32. The van der Waals surface area contributed by atoms with E-state index in [0.717, 1.165) is 4.90 Å². The summed E-state index contributed by atoms with van der Waals surface area (Å²) in [5.74, 6) is -0.267. The topological polar surface area (TPSA) is 32.3 Å². The summed E-state index contributed by atoms with van der Waals surface area (Å²) in [6, 6.07) is -0.203. The van der Waals surface area contributed by atoms with Crippen LogP contribution in [0.3, 0.4) is 0 Å². The molecule has 1 aliphatic heterocycles. The first-order valence-corrected chi connectivity index (χ1v) is 6.85. The number of carbonyl (C=O) groups excluding carboxylic acids is 1. The highest BCUT2D eigenvalue weighted by atomic mass is 19.4. The smallest absolute Gasteiger partial charge is 0.330 e. The van der Waals surface area contributed by atoms with E-state index in [9.17, 15) is 18.0 Å². The normalized spacial score (nSPS) is 27.9. The molecule has 1 aliphatic carbocycles. The SMILES string of the molecule is CC(C)C1(C(=O)N(CC(F)(F)F)C2CC2)CCNC1. The number of carbonyl (C=O) groups is 1. The van der Waals surface area contributed by atoms with Crippen LogP contribution < -0.4 is 5.32 Å². The van der Waals surface area contributed by atoms with Gasteiger partial charge >= 0.3 is 6.18 Å². The molecule has 1 atom stereocenters. The Kier molecular flexibility index (Phi) is 3.82. The lowest BCUT2D eigenvalue weighted by atomic mass is 9.75. The molecule has 1 heterocycles. The maximum atomic E-state index is 12.7. The van der Waals surface area contributed by atoms with Gasteiger partial charge in [-0.05, 0) is 31.7 Å². The van der Waals surface area contributed by atoms with Crippen LogP contribution in [0.15, 0.2) is 0 Å². The standard InChI is InChI=1S/C13H21F3N2O/c1-9(2)12(5-6-17-7-12)11(19)18(10-3-4-10)8-13(14,15)16/h9-10,17H,3-8H2,1-2H3. The second-order valence-corrected chi connectivity index (χ2v) is 6.02. The summed E-state index contributed by atoms with van der Waals surface area (Å²) in [6.45, 7) is 3.93. The Morgan fingerprint density at radius 3 is 2.42 bits per heavy atom. The minimum Gasteiger partial charge on any atom is -0.330 e. The average molecular weight is 278 g/mol. The van der Waals surface area contributed by atoms with Gasteiger partial charge in [0.2, 0.25) is 5.91 Å². The average Bonchev–Trinajstić information content (AvgIpc) is 3.00. The highest BCUT2D eigenvalue weighted by molar-refractivity contribution is 5.84. The summed E-state index contributed by atoms with van der Waals surface area (Å²) in [5, 5.41) is 3.12. The number of hydrogen-bond acceptors (Lipinski definition) is 2. The largest absolute Gasteiger partial charge is 0.406 e. The minimum atomic E-state index is -4.32. The molecule has 0 aromatic rings. The molecule has 2 aliphatic rings. The lowest BCUT2D eigenvalue weighted by Gasteiger charge is -2.37. The predicted molar refractivity (Wildman–Crippen MR) is 65.5 cm³/mol. The van der Waals surface area contributed by atoms with Crippen molar-refractivity contribution in [1.29, 1.82) is 0 Å². The van der Waals surface area contributed by atoms with Crippen molar-refractivity contribution in [3.8, 4) is 0 Å². The van der Waals surface area contributed by atoms with Gasteiger partial charge in [0.1, 0.15) is 6.54 Å². The fraction of sp³-hybridized carbons (Fsp3) is 0.923. The molecule has 2 fully saturated rings. The zero-order chi connectivity index (χ0) is 14.3. The predicted octanol–water partition coefficient (Wildman–Crippen LogP) is 2.18. The van der Waals surface area contributed by atoms with Gasteiger partial charge in [0.15, 0.2) is 0 Å². The Hall–Kier alpha value is -0.780. The molecule has 1 saturated heterocycles. The number of alkyl halides is 3. The van der Waals surface area contributed by atoms with E-state index in [0.29, 0.717) is 32.4 Å². The second kappa shape index (κ2) is 4.96. The number of hydrogen-bond donors (Lipinski definition) is 1. The molecule has 19 heavy (non-hydrogen) atoms. The van der Waals surface area contributed by atoms with Crippen molar-refractivity contribution in [3.05, 3.63) is 0 Å². The molecule has 110 valence electrons. The van der Waals surface area contributed by atoms with E-state index in [-0.39, 0.29) is 17.9 Å². The first-order chi connectivity index (χ1) is 8.76. The van der Waals surface area contributed by atoms with Gasteiger partial charge < -0.3 is 10.2 Å². The van der Waals surface area contributed by atoms with Crippen LogP contribution in [0.2, 0.25) is 0 Å². The summed E-state index contributed by atoms with van der Waals surface area (Å²) < 4.78 is 38.0. The first kappa shape index (κ1) is 14.6. The molecule has 0 aromatic heterocycles. The molecule has 1 unspecified atom stereocenters. The number of amides is 1. The molecular formula is C13H21F3N2O. The van der Waals surface area contributed by atoms with E-state index in [1.165, 1.54) is 0 Å². The van der Waals surface area contributed by atoms with Crippen LogP contribution in [0.25, 0.3) is 0 Å². The van der Waals surface area contributed by atoms with Gasteiger partial charge in [-0.3, -0.25) is 4.79 Å². The van der Waals surface area contributed by atoms with Crippen LogP contribution in [-0.2, 0) is 4.79 Å². The number of rotatable bonds is 4. The van der Waals surface area contributed by atoms with E-state index in [4.69, 9.17) is 0 Å². The van der Waals surface area contributed by atoms with Gasteiger partial charge in [-0.2, -0.15) is 13.2 Å². The van der Waals surface area contributed by atoms with Crippen molar-refractivity contribution in [2.45, 2.75) is 45.3 Å². The van der Waals surface area contributed by atoms with Gasteiger partial charge in [-0.15, -0.1) is 0 Å². The van der Waals surface area contributed by atoms with Crippen LogP contribution in [0, 0.1) is 11.3 Å². The Bertz CT molecular complexity index is 344. The molecule has 1 amide bonds. The van der Waals surface area contributed by atoms with Crippen LogP contribution in [-0.4, -0.2) is 42.7 Å². The maximum Gasteiger partial charge on any atom is 0.406 e. The number of halogens is 3. The van der Waals surface area contributed by atoms with Crippen LogP contribution in [0.4, 0.5) is 13.2 Å². The van der Waals surface area contributed by atoms with Crippen molar-refractivity contribution < 1.29 is 18.0 Å². The minimum absolute atomic E-state index is 0.0458. The van der Waals surface area contributed by atoms with Crippen LogP contribution in [0.1, 0.15) is 33.1 Å². The van der Waals surface area contributed by atoms with Gasteiger partial charge in [-0.1, -0.05) is 13.8 Å².